The number of nitrogens with one attached hydrogen (secondary N) is 1. The summed E-state index contributed by atoms with van der Waals surface area (Å²) < 4.78 is 1.45. The maximum atomic E-state index is 12.2. The summed E-state index contributed by atoms with van der Waals surface area (Å²) >= 11 is 0. The van der Waals surface area contributed by atoms with Crippen molar-refractivity contribution >= 4 is 11.9 Å². The van der Waals surface area contributed by atoms with Crippen molar-refractivity contribution in [3.8, 4) is 0 Å². The van der Waals surface area contributed by atoms with Crippen molar-refractivity contribution in [1.82, 2.24) is 15.1 Å². The van der Waals surface area contributed by atoms with Crippen molar-refractivity contribution in [3.63, 3.8) is 0 Å². The number of aliphatic carboxylic acids is 1. The molecule has 1 heterocycles. The van der Waals surface area contributed by atoms with E-state index >= 15 is 0 Å². The first-order chi connectivity index (χ1) is 10.1. The van der Waals surface area contributed by atoms with Crippen LogP contribution in [0.2, 0.25) is 0 Å². The third-order valence-corrected chi connectivity index (χ3v) is 4.23. The molecule has 1 aliphatic carbocycles. The van der Waals surface area contributed by atoms with Crippen molar-refractivity contribution < 1.29 is 35.0 Å². The largest absolute Gasteiger partial charge is 1.00 e. The second-order valence-corrected chi connectivity index (χ2v) is 5.73. The first-order valence-corrected chi connectivity index (χ1v) is 7.61. The summed E-state index contributed by atoms with van der Waals surface area (Å²) in [6.45, 7) is 0. The molecular weight excluding hydrogens is 277 g/mol. The molecule has 0 bridgehead atoms. The van der Waals surface area contributed by atoms with Crippen LogP contribution in [0, 0.1) is 5.92 Å². The molecule has 1 atom stereocenters. The fourth-order valence-electron chi connectivity index (χ4n) is 3.01. The fourth-order valence-corrected chi connectivity index (χ4v) is 3.01. The minimum absolute atomic E-state index is 0. The molecular formula is C15H24LiN3O3. The Kier molecular flexibility index (Phi) is 7.70. The van der Waals surface area contributed by atoms with Crippen LogP contribution in [0.4, 0.5) is 0 Å². The monoisotopic (exact) mass is 301 g/mol. The van der Waals surface area contributed by atoms with E-state index in [2.05, 4.69) is 10.4 Å². The first kappa shape index (κ1) is 18.8. The molecule has 2 rings (SSSR count). The Balaban J connectivity index is 0.00000242. The van der Waals surface area contributed by atoms with E-state index in [1.807, 2.05) is 0 Å². The average Bonchev–Trinajstić information content (AvgIpc) is 2.82. The number of carbonyl (C=O) groups excluding carboxylic acids is 1. The summed E-state index contributed by atoms with van der Waals surface area (Å²) in [7, 11) is 1.67. The van der Waals surface area contributed by atoms with E-state index in [0.29, 0.717) is 5.69 Å². The van der Waals surface area contributed by atoms with Gasteiger partial charge in [0.05, 0.1) is 0 Å². The Bertz CT molecular complexity index is 502. The molecule has 1 aromatic rings. The van der Waals surface area contributed by atoms with Crippen molar-refractivity contribution in [1.29, 1.82) is 0 Å². The van der Waals surface area contributed by atoms with Gasteiger partial charge >= 0.3 is 24.8 Å². The molecule has 118 valence electrons. The second-order valence-electron chi connectivity index (χ2n) is 5.73. The summed E-state index contributed by atoms with van der Waals surface area (Å²) in [5, 5.41) is 16.1. The first-order valence-electron chi connectivity index (χ1n) is 7.61. The van der Waals surface area contributed by atoms with E-state index in [1.54, 1.807) is 13.1 Å². The summed E-state index contributed by atoms with van der Waals surface area (Å²) in [5.41, 5.74) is 0.382. The Morgan fingerprint density at radius 3 is 2.41 bits per heavy atom. The number of carboxylic acid groups (broad SMARTS) is 1. The van der Waals surface area contributed by atoms with E-state index in [1.165, 1.54) is 17.3 Å². The third kappa shape index (κ3) is 4.89. The predicted octanol–water partition coefficient (Wildman–Crippen LogP) is -0.920. The SMILES string of the molecule is Cn1nccc1C(=O)NC(C(=O)O)C1CCCCCCC1.[H-].[Li+]. The van der Waals surface area contributed by atoms with Gasteiger partial charge in [0.15, 0.2) is 0 Å². The van der Waals surface area contributed by atoms with Gasteiger partial charge < -0.3 is 11.8 Å². The Morgan fingerprint density at radius 2 is 1.91 bits per heavy atom. The van der Waals surface area contributed by atoms with E-state index < -0.39 is 12.0 Å². The van der Waals surface area contributed by atoms with Gasteiger partial charge in [-0.25, -0.2) is 4.79 Å². The van der Waals surface area contributed by atoms with Gasteiger partial charge in [-0.05, 0) is 24.8 Å². The van der Waals surface area contributed by atoms with Crippen LogP contribution in [0.15, 0.2) is 12.3 Å². The maximum absolute atomic E-state index is 12.2. The number of aryl methyl sites for hydroxylation is 1. The number of aromatic nitrogens is 2. The molecule has 6 nitrogen and oxygen atoms in total. The molecule has 1 saturated carbocycles. The van der Waals surface area contributed by atoms with Crippen LogP contribution < -0.4 is 24.2 Å². The number of amides is 1. The van der Waals surface area contributed by atoms with Gasteiger partial charge in [-0.3, -0.25) is 9.48 Å². The number of carbonyl (C=O) groups is 2. The Morgan fingerprint density at radius 1 is 1.32 bits per heavy atom. The van der Waals surface area contributed by atoms with E-state index in [9.17, 15) is 14.7 Å². The summed E-state index contributed by atoms with van der Waals surface area (Å²) in [5.74, 6) is -1.31. The van der Waals surface area contributed by atoms with Crippen molar-refractivity contribution in [2.24, 2.45) is 13.0 Å². The smallest absolute Gasteiger partial charge is 1.00 e. The molecule has 0 aliphatic heterocycles. The molecule has 1 fully saturated rings. The van der Waals surface area contributed by atoms with Crippen molar-refractivity contribution in [2.45, 2.75) is 51.0 Å². The maximum Gasteiger partial charge on any atom is 1.00 e. The zero-order chi connectivity index (χ0) is 15.2. The second kappa shape index (κ2) is 9.01. The van der Waals surface area contributed by atoms with Crippen LogP contribution >= 0.6 is 0 Å². The average molecular weight is 301 g/mol. The fraction of sp³-hybridized carbons (Fsp3) is 0.667. The minimum Gasteiger partial charge on any atom is -1.00 e. The van der Waals surface area contributed by atoms with Gasteiger partial charge in [0.2, 0.25) is 0 Å². The Labute approximate surface area is 144 Å². The topological polar surface area (TPSA) is 84.2 Å². The number of hydrogen-bond acceptors (Lipinski definition) is 3. The number of hydrogen-bond donors (Lipinski definition) is 2. The quantitative estimate of drug-likeness (QED) is 0.705. The van der Waals surface area contributed by atoms with Gasteiger partial charge in [0, 0.05) is 13.2 Å². The molecule has 0 radical (unpaired) electrons. The molecule has 0 saturated heterocycles. The zero-order valence-corrected chi connectivity index (χ0v) is 13.4. The van der Waals surface area contributed by atoms with Gasteiger partial charge in [0.1, 0.15) is 11.7 Å². The molecule has 2 N–H and O–H groups in total. The molecule has 22 heavy (non-hydrogen) atoms. The van der Waals surface area contributed by atoms with Crippen LogP contribution in [0.25, 0.3) is 0 Å². The number of rotatable bonds is 4. The minimum atomic E-state index is -0.948. The Hall–Kier alpha value is -1.25. The standard InChI is InChI=1S/C15H23N3O3.Li.H/c1-18-12(9-10-16-18)14(19)17-13(15(20)21)11-7-5-3-2-4-6-8-11;;/h9-11,13H,2-8H2,1H3,(H,17,19)(H,20,21);;/q;+1;-1. The van der Waals surface area contributed by atoms with Crippen LogP contribution in [-0.4, -0.2) is 32.8 Å². The number of carboxylic acids is 1. The number of nitrogens with zero attached hydrogens (tertiary/aromatic N) is 2. The van der Waals surface area contributed by atoms with Crippen LogP contribution in [0.3, 0.4) is 0 Å². The molecule has 1 aromatic heterocycles. The van der Waals surface area contributed by atoms with E-state index in [4.69, 9.17) is 0 Å². The predicted molar refractivity (Wildman–Crippen MR) is 79.0 cm³/mol. The van der Waals surface area contributed by atoms with Crippen molar-refractivity contribution in [2.75, 3.05) is 0 Å². The third-order valence-electron chi connectivity index (χ3n) is 4.23. The van der Waals surface area contributed by atoms with Gasteiger partial charge in [-0.1, -0.05) is 32.1 Å². The normalized spacial score (nSPS) is 17.7. The van der Waals surface area contributed by atoms with Gasteiger partial charge in [-0.2, -0.15) is 5.10 Å². The molecule has 1 aliphatic rings. The summed E-state index contributed by atoms with van der Waals surface area (Å²) in [4.78, 5) is 23.8. The summed E-state index contributed by atoms with van der Waals surface area (Å²) in [6.07, 6.45) is 8.86. The van der Waals surface area contributed by atoms with Crippen LogP contribution in [-0.2, 0) is 11.8 Å². The van der Waals surface area contributed by atoms with Crippen LogP contribution in [0.5, 0.6) is 0 Å². The molecule has 1 unspecified atom stereocenters. The molecule has 1 amide bonds. The van der Waals surface area contributed by atoms with Gasteiger partial charge in [0.25, 0.3) is 5.91 Å². The van der Waals surface area contributed by atoms with Crippen LogP contribution in [0.1, 0.15) is 56.9 Å². The molecule has 0 spiro atoms. The molecule has 7 heteroatoms. The van der Waals surface area contributed by atoms with Gasteiger partial charge in [-0.15, -0.1) is 0 Å². The van der Waals surface area contributed by atoms with E-state index in [-0.39, 0.29) is 32.1 Å². The van der Waals surface area contributed by atoms with Crippen molar-refractivity contribution in [3.05, 3.63) is 18.0 Å². The zero-order valence-electron chi connectivity index (χ0n) is 14.4. The van der Waals surface area contributed by atoms with E-state index in [0.717, 1.165) is 38.5 Å². The molecule has 0 aromatic carbocycles. The summed E-state index contributed by atoms with van der Waals surface area (Å²) in [6, 6.07) is 0.775.